The van der Waals surface area contributed by atoms with Gasteiger partial charge in [-0.05, 0) is 30.3 Å². The third-order valence-electron chi connectivity index (χ3n) is 3.04. The van der Waals surface area contributed by atoms with E-state index in [1.165, 1.54) is 0 Å². The van der Waals surface area contributed by atoms with Gasteiger partial charge in [0.15, 0.2) is 5.58 Å². The molecule has 0 unspecified atom stereocenters. The van der Waals surface area contributed by atoms with Gasteiger partial charge in [0.1, 0.15) is 0 Å². The van der Waals surface area contributed by atoms with Gasteiger partial charge < -0.3 is 9.73 Å². The summed E-state index contributed by atoms with van der Waals surface area (Å²) in [5.74, 6) is 0.145. The molecule has 0 aliphatic heterocycles. The van der Waals surface area contributed by atoms with Crippen LogP contribution < -0.4 is 11.1 Å². The molecule has 0 aliphatic carbocycles. The van der Waals surface area contributed by atoms with Crippen molar-refractivity contribution in [2.24, 2.45) is 0 Å². The summed E-state index contributed by atoms with van der Waals surface area (Å²) in [5, 5.41) is 2.81. The molecule has 0 radical (unpaired) electrons. The van der Waals surface area contributed by atoms with E-state index in [-0.39, 0.29) is 5.91 Å². The molecular formula is C16H14N2O3S. The Labute approximate surface area is 130 Å². The van der Waals surface area contributed by atoms with Crippen molar-refractivity contribution in [3.05, 3.63) is 59.1 Å². The lowest BCUT2D eigenvalue weighted by Gasteiger charge is -2.05. The van der Waals surface area contributed by atoms with Crippen molar-refractivity contribution in [1.82, 2.24) is 4.98 Å². The van der Waals surface area contributed by atoms with Gasteiger partial charge in [-0.15, -0.1) is 11.8 Å². The van der Waals surface area contributed by atoms with E-state index in [1.807, 2.05) is 30.3 Å². The molecule has 1 aromatic heterocycles. The van der Waals surface area contributed by atoms with Crippen LogP contribution >= 0.6 is 11.8 Å². The number of hydrogen-bond donors (Lipinski definition) is 2. The van der Waals surface area contributed by atoms with Gasteiger partial charge in [-0.3, -0.25) is 9.78 Å². The molecule has 0 fully saturated rings. The largest absolute Gasteiger partial charge is 0.417 e. The number of benzene rings is 2. The van der Waals surface area contributed by atoms with Crippen LogP contribution in [-0.2, 0) is 4.79 Å². The number of thioether (sulfide) groups is 1. The van der Waals surface area contributed by atoms with Gasteiger partial charge in [-0.1, -0.05) is 18.2 Å². The summed E-state index contributed by atoms with van der Waals surface area (Å²) >= 11 is 1.64. The molecule has 2 N–H and O–H groups in total. The maximum absolute atomic E-state index is 11.9. The molecule has 3 rings (SSSR count). The lowest BCUT2D eigenvalue weighted by molar-refractivity contribution is -0.115. The molecule has 0 atom stereocenters. The number of H-pyrrole nitrogens is 1. The summed E-state index contributed by atoms with van der Waals surface area (Å²) in [6.45, 7) is 0. The van der Waals surface area contributed by atoms with E-state index >= 15 is 0 Å². The summed E-state index contributed by atoms with van der Waals surface area (Å²) < 4.78 is 4.91. The lowest BCUT2D eigenvalue weighted by atomic mass is 10.3. The molecule has 1 amide bonds. The minimum Gasteiger partial charge on any atom is -0.408 e. The van der Waals surface area contributed by atoms with Gasteiger partial charge in [-0.25, -0.2) is 4.79 Å². The van der Waals surface area contributed by atoms with Crippen LogP contribution in [0.5, 0.6) is 0 Å². The summed E-state index contributed by atoms with van der Waals surface area (Å²) in [5.41, 5.74) is 1.68. The minimum atomic E-state index is -0.502. The molecule has 22 heavy (non-hydrogen) atoms. The number of hydrogen-bond acceptors (Lipinski definition) is 4. The Bertz CT molecular complexity index is 839. The fourth-order valence-electron chi connectivity index (χ4n) is 2.03. The fourth-order valence-corrected chi connectivity index (χ4v) is 2.90. The molecule has 2 aromatic carbocycles. The Morgan fingerprint density at radius 1 is 1.18 bits per heavy atom. The second-order valence-corrected chi connectivity index (χ2v) is 5.85. The second-order valence-electron chi connectivity index (χ2n) is 4.69. The van der Waals surface area contributed by atoms with E-state index in [0.29, 0.717) is 29.0 Å². The Kier molecular flexibility index (Phi) is 4.29. The van der Waals surface area contributed by atoms with Gasteiger partial charge in [0, 0.05) is 22.8 Å². The molecule has 0 bridgehead atoms. The van der Waals surface area contributed by atoms with Crippen LogP contribution in [0, 0.1) is 0 Å². The average Bonchev–Trinajstić information content (AvgIpc) is 2.87. The van der Waals surface area contributed by atoms with Crippen molar-refractivity contribution in [2.45, 2.75) is 11.3 Å². The highest BCUT2D eigenvalue weighted by atomic mass is 32.2. The molecule has 1 heterocycles. The predicted octanol–water partition coefficient (Wildman–Crippen LogP) is 3.24. The number of amides is 1. The van der Waals surface area contributed by atoms with Gasteiger partial charge in [-0.2, -0.15) is 0 Å². The first-order valence-corrected chi connectivity index (χ1v) is 7.80. The highest BCUT2D eigenvalue weighted by Gasteiger charge is 2.06. The van der Waals surface area contributed by atoms with Crippen molar-refractivity contribution in [3.63, 3.8) is 0 Å². The van der Waals surface area contributed by atoms with Crippen LogP contribution in [0.4, 0.5) is 5.69 Å². The number of anilines is 1. The smallest absolute Gasteiger partial charge is 0.408 e. The summed E-state index contributed by atoms with van der Waals surface area (Å²) in [6.07, 6.45) is 0.416. The average molecular weight is 314 g/mol. The molecule has 0 aliphatic rings. The van der Waals surface area contributed by atoms with E-state index in [0.717, 1.165) is 4.90 Å². The first kappa shape index (κ1) is 14.5. The van der Waals surface area contributed by atoms with Crippen molar-refractivity contribution in [3.8, 4) is 0 Å². The number of carbonyl (C=O) groups is 1. The highest BCUT2D eigenvalue weighted by molar-refractivity contribution is 7.99. The molecule has 3 aromatic rings. The van der Waals surface area contributed by atoms with Crippen LogP contribution in [0.2, 0.25) is 0 Å². The Morgan fingerprint density at radius 3 is 2.82 bits per heavy atom. The molecule has 5 nitrogen and oxygen atoms in total. The zero-order chi connectivity index (χ0) is 15.4. The van der Waals surface area contributed by atoms with Crippen molar-refractivity contribution >= 4 is 34.5 Å². The van der Waals surface area contributed by atoms with Crippen LogP contribution in [-0.4, -0.2) is 16.6 Å². The van der Waals surface area contributed by atoms with Gasteiger partial charge in [0.2, 0.25) is 5.91 Å². The maximum atomic E-state index is 11.9. The monoisotopic (exact) mass is 314 g/mol. The SMILES string of the molecule is O=C(CCSc1ccccc1)Nc1ccc2oc(=O)[nH]c2c1. The van der Waals surface area contributed by atoms with Gasteiger partial charge in [0.25, 0.3) is 0 Å². The maximum Gasteiger partial charge on any atom is 0.417 e. The number of rotatable bonds is 5. The minimum absolute atomic E-state index is 0.0615. The number of fused-ring (bicyclic) bond motifs is 1. The molecule has 112 valence electrons. The van der Waals surface area contributed by atoms with Crippen LogP contribution in [0.3, 0.4) is 0 Å². The normalized spacial score (nSPS) is 10.7. The van der Waals surface area contributed by atoms with Gasteiger partial charge in [0.05, 0.1) is 5.52 Å². The highest BCUT2D eigenvalue weighted by Crippen LogP contribution is 2.19. The third kappa shape index (κ3) is 3.59. The van der Waals surface area contributed by atoms with Crippen molar-refractivity contribution < 1.29 is 9.21 Å². The number of carbonyl (C=O) groups excluding carboxylic acids is 1. The fraction of sp³-hybridized carbons (Fsp3) is 0.125. The first-order chi connectivity index (χ1) is 10.7. The van der Waals surface area contributed by atoms with E-state index in [9.17, 15) is 9.59 Å². The van der Waals surface area contributed by atoms with Crippen molar-refractivity contribution in [2.75, 3.05) is 11.1 Å². The van der Waals surface area contributed by atoms with E-state index < -0.39 is 5.76 Å². The first-order valence-electron chi connectivity index (χ1n) is 6.81. The predicted molar refractivity (Wildman–Crippen MR) is 87.2 cm³/mol. The lowest BCUT2D eigenvalue weighted by Crippen LogP contribution is -2.12. The number of oxazole rings is 1. The number of aromatic amines is 1. The number of aromatic nitrogens is 1. The van der Waals surface area contributed by atoms with E-state index in [2.05, 4.69) is 10.3 Å². The topological polar surface area (TPSA) is 75.1 Å². The Hall–Kier alpha value is -2.47. The van der Waals surface area contributed by atoms with Crippen molar-refractivity contribution in [1.29, 1.82) is 0 Å². The van der Waals surface area contributed by atoms with Gasteiger partial charge >= 0.3 is 5.76 Å². The molecular weight excluding hydrogens is 300 g/mol. The summed E-state index contributed by atoms with van der Waals surface area (Å²) in [4.78, 5) is 26.7. The van der Waals surface area contributed by atoms with Crippen LogP contribution in [0.1, 0.15) is 6.42 Å². The zero-order valence-corrected chi connectivity index (χ0v) is 12.5. The number of nitrogens with one attached hydrogen (secondary N) is 2. The van der Waals surface area contributed by atoms with E-state index in [4.69, 9.17) is 4.42 Å². The Balaban J connectivity index is 1.55. The molecule has 0 saturated carbocycles. The quantitative estimate of drug-likeness (QED) is 0.709. The summed E-state index contributed by atoms with van der Waals surface area (Å²) in [7, 11) is 0. The second kappa shape index (κ2) is 6.53. The molecule has 6 heteroatoms. The third-order valence-corrected chi connectivity index (χ3v) is 4.06. The van der Waals surface area contributed by atoms with Crippen LogP contribution in [0.25, 0.3) is 11.1 Å². The zero-order valence-electron chi connectivity index (χ0n) is 11.7. The van der Waals surface area contributed by atoms with E-state index in [1.54, 1.807) is 30.0 Å². The Morgan fingerprint density at radius 2 is 2.00 bits per heavy atom. The van der Waals surface area contributed by atoms with Crippen LogP contribution in [0.15, 0.2) is 62.6 Å². The molecule has 0 saturated heterocycles. The summed E-state index contributed by atoms with van der Waals surface area (Å²) in [6, 6.07) is 15.0. The molecule has 0 spiro atoms. The standard InChI is InChI=1S/C16H14N2O3S/c19-15(8-9-22-12-4-2-1-3-5-12)17-11-6-7-14-13(10-11)18-16(20)21-14/h1-7,10H,8-9H2,(H,17,19)(H,18,20).